The molecule has 4 saturated carbocycles. The molecule has 2 unspecified atom stereocenters. The minimum absolute atomic E-state index is 0.0162. The van der Waals surface area contributed by atoms with Gasteiger partial charge in [-0.15, -0.1) is 0 Å². The van der Waals surface area contributed by atoms with Gasteiger partial charge in [0.15, 0.2) is 24.3 Å². The summed E-state index contributed by atoms with van der Waals surface area (Å²) in [6, 6.07) is 0. The predicted octanol–water partition coefficient (Wildman–Crippen LogP) is 4.70. The van der Waals surface area contributed by atoms with Gasteiger partial charge in [0.25, 0.3) is 0 Å². The van der Waals surface area contributed by atoms with Crippen molar-refractivity contribution in [1.29, 1.82) is 0 Å². The van der Waals surface area contributed by atoms with Crippen molar-refractivity contribution in [2.45, 2.75) is 110 Å². The number of carbonyl (C=O) groups is 3. The highest BCUT2D eigenvalue weighted by Gasteiger charge is 2.76. The van der Waals surface area contributed by atoms with Gasteiger partial charge in [-0.1, -0.05) is 58.6 Å². The fraction of sp³-hybridized carbons (Fsp3) is 0.781. The Labute approximate surface area is 231 Å². The molecule has 0 radical (unpaired) electrons. The van der Waals surface area contributed by atoms with Crippen molar-refractivity contribution in [3.63, 3.8) is 0 Å². The molecular formula is C32H44O7. The minimum Gasteiger partial charge on any atom is -0.457 e. The Morgan fingerprint density at radius 1 is 1.15 bits per heavy atom. The number of fused-ring (bicyclic) bond motifs is 7. The zero-order chi connectivity index (χ0) is 27.7. The van der Waals surface area contributed by atoms with Gasteiger partial charge in [-0.25, -0.2) is 0 Å². The van der Waals surface area contributed by atoms with Crippen molar-refractivity contribution in [1.82, 2.24) is 0 Å². The molecule has 214 valence electrons. The van der Waals surface area contributed by atoms with Crippen molar-refractivity contribution >= 4 is 17.5 Å². The van der Waals surface area contributed by atoms with Gasteiger partial charge >= 0.3 is 5.97 Å². The van der Waals surface area contributed by atoms with Crippen LogP contribution in [0, 0.1) is 40.4 Å². The molecule has 0 spiro atoms. The van der Waals surface area contributed by atoms with E-state index in [-0.39, 0.29) is 53.2 Å². The van der Waals surface area contributed by atoms with E-state index in [9.17, 15) is 19.5 Å². The normalized spacial score (nSPS) is 45.3. The highest BCUT2D eigenvalue weighted by atomic mass is 16.7. The Morgan fingerprint density at radius 3 is 2.62 bits per heavy atom. The number of hydrogen-bond donors (Lipinski definition) is 1. The zero-order valence-corrected chi connectivity index (χ0v) is 23.8. The molecule has 5 aliphatic carbocycles. The molecule has 0 aromatic carbocycles. The molecule has 1 heterocycles. The summed E-state index contributed by atoms with van der Waals surface area (Å²) in [4.78, 5) is 38.7. The van der Waals surface area contributed by atoms with E-state index < -0.39 is 35.5 Å². The number of Topliss-reactive ketones (excluding diaryl/α,β-unsaturated/α-hetero) is 1. The van der Waals surface area contributed by atoms with Crippen LogP contribution in [0.5, 0.6) is 0 Å². The van der Waals surface area contributed by atoms with Gasteiger partial charge in [-0.2, -0.15) is 0 Å². The third-order valence-corrected chi connectivity index (χ3v) is 11.5. The zero-order valence-electron chi connectivity index (χ0n) is 23.8. The summed E-state index contributed by atoms with van der Waals surface area (Å²) in [5, 5.41) is 11.9. The average molecular weight is 541 g/mol. The first-order valence-electron chi connectivity index (χ1n) is 15.2. The summed E-state index contributed by atoms with van der Waals surface area (Å²) in [5.74, 6) is -0.471. The van der Waals surface area contributed by atoms with Crippen LogP contribution in [0.2, 0.25) is 0 Å². The number of carbonyl (C=O) groups excluding carboxylic acids is 3. The Morgan fingerprint density at radius 2 is 1.90 bits per heavy atom. The molecule has 7 nitrogen and oxygen atoms in total. The van der Waals surface area contributed by atoms with E-state index in [0.717, 1.165) is 44.1 Å². The quantitative estimate of drug-likeness (QED) is 0.505. The van der Waals surface area contributed by atoms with Crippen LogP contribution < -0.4 is 0 Å². The molecular weight excluding hydrogens is 496 g/mol. The molecule has 1 saturated heterocycles. The smallest absolute Gasteiger partial charge is 0.308 e. The summed E-state index contributed by atoms with van der Waals surface area (Å²) in [7, 11) is 0. The summed E-state index contributed by atoms with van der Waals surface area (Å²) in [5.41, 5.74) is -1.19. The molecule has 0 bridgehead atoms. The highest BCUT2D eigenvalue weighted by molar-refractivity contribution is 6.01. The van der Waals surface area contributed by atoms with Crippen LogP contribution >= 0.6 is 0 Å². The lowest BCUT2D eigenvalue weighted by Crippen LogP contribution is -2.63. The van der Waals surface area contributed by atoms with E-state index in [2.05, 4.69) is 13.8 Å². The van der Waals surface area contributed by atoms with Crippen LogP contribution in [0.25, 0.3) is 0 Å². The second-order valence-corrected chi connectivity index (χ2v) is 13.9. The van der Waals surface area contributed by atoms with Gasteiger partial charge < -0.3 is 19.3 Å². The first kappa shape index (κ1) is 27.3. The fourth-order valence-electron chi connectivity index (χ4n) is 9.62. The van der Waals surface area contributed by atoms with Crippen molar-refractivity contribution in [3.8, 4) is 0 Å². The van der Waals surface area contributed by atoms with Crippen LogP contribution in [0.4, 0.5) is 0 Å². The average Bonchev–Trinajstić information content (AvgIpc) is 3.41. The van der Waals surface area contributed by atoms with E-state index in [4.69, 9.17) is 14.2 Å². The standard InChI is InChI=1S/C32H44O7/c1-18(2)28(36)37-17-25(35)32-26(38-29(39-32)19-8-6-5-7-9-19)15-23-22-11-10-20-14-21(33)12-13-30(20,3)27(22)24(34)16-31(23,32)4/h12-14,18-19,22-24,26-27,29,34H,5-11,15-17H2,1-4H3/t22-,23-,24-,26?,27+,29?,30-,31-,32+/m0/s1. The van der Waals surface area contributed by atoms with E-state index in [1.54, 1.807) is 26.0 Å². The van der Waals surface area contributed by atoms with Crippen LogP contribution in [0.15, 0.2) is 23.8 Å². The molecule has 0 aromatic rings. The van der Waals surface area contributed by atoms with Gasteiger partial charge in [0, 0.05) is 22.7 Å². The number of aliphatic hydroxyl groups is 1. The number of esters is 1. The van der Waals surface area contributed by atoms with E-state index in [1.807, 2.05) is 6.08 Å². The number of ether oxygens (including phenoxy) is 3. The van der Waals surface area contributed by atoms with Gasteiger partial charge in [0.1, 0.15) is 0 Å². The Hall–Kier alpha value is -1.83. The van der Waals surface area contributed by atoms with Gasteiger partial charge in [0.05, 0.1) is 18.1 Å². The first-order valence-corrected chi connectivity index (χ1v) is 15.2. The SMILES string of the molecule is CC(C)C(=O)OCC(=O)[C@@]12OC(C3CCCCC3)OC1C[C@H]1[C@@H]3CCC4=CC(=O)C=C[C@]4(C)[C@H]3[C@@H](O)C[C@@]12C. The number of hydrogen-bond acceptors (Lipinski definition) is 7. The Bertz CT molecular complexity index is 1100. The topological polar surface area (TPSA) is 99.1 Å². The predicted molar refractivity (Wildman–Crippen MR) is 143 cm³/mol. The van der Waals surface area contributed by atoms with Crippen molar-refractivity contribution < 1.29 is 33.7 Å². The number of aliphatic hydroxyl groups excluding tert-OH is 1. The third kappa shape index (κ3) is 3.97. The lowest BCUT2D eigenvalue weighted by atomic mass is 9.46. The highest BCUT2D eigenvalue weighted by Crippen LogP contribution is 2.70. The number of rotatable bonds is 5. The summed E-state index contributed by atoms with van der Waals surface area (Å²) in [6.07, 6.45) is 12.2. The molecule has 9 atom stereocenters. The number of ketones is 2. The molecule has 1 N–H and O–H groups in total. The molecule has 39 heavy (non-hydrogen) atoms. The molecule has 1 aliphatic heterocycles. The van der Waals surface area contributed by atoms with E-state index in [0.29, 0.717) is 12.8 Å². The van der Waals surface area contributed by atoms with Gasteiger partial charge in [-0.3, -0.25) is 14.4 Å². The molecule has 0 amide bonds. The second kappa shape index (κ2) is 9.63. The van der Waals surface area contributed by atoms with Gasteiger partial charge in [-0.05, 0) is 62.5 Å². The maximum Gasteiger partial charge on any atom is 0.308 e. The minimum atomic E-state index is -1.25. The largest absolute Gasteiger partial charge is 0.457 e. The second-order valence-electron chi connectivity index (χ2n) is 13.9. The third-order valence-electron chi connectivity index (χ3n) is 11.5. The van der Waals surface area contributed by atoms with Gasteiger partial charge in [0.2, 0.25) is 5.78 Å². The van der Waals surface area contributed by atoms with E-state index in [1.165, 1.54) is 6.42 Å². The molecule has 6 aliphatic rings. The lowest BCUT2D eigenvalue weighted by molar-refractivity contribution is -0.210. The van der Waals surface area contributed by atoms with Crippen LogP contribution in [-0.2, 0) is 28.6 Å². The van der Waals surface area contributed by atoms with Crippen molar-refractivity contribution in [2.24, 2.45) is 40.4 Å². The monoisotopic (exact) mass is 540 g/mol. The van der Waals surface area contributed by atoms with Crippen LogP contribution in [0.3, 0.4) is 0 Å². The van der Waals surface area contributed by atoms with Crippen LogP contribution in [-0.4, -0.2) is 53.3 Å². The molecule has 7 heteroatoms. The molecule has 6 rings (SSSR count). The number of allylic oxidation sites excluding steroid dienone is 4. The Kier molecular flexibility index (Phi) is 6.75. The van der Waals surface area contributed by atoms with Crippen molar-refractivity contribution in [2.75, 3.05) is 6.61 Å². The lowest BCUT2D eigenvalue weighted by Gasteiger charge is -2.59. The first-order chi connectivity index (χ1) is 18.5. The van der Waals surface area contributed by atoms with E-state index >= 15 is 0 Å². The summed E-state index contributed by atoms with van der Waals surface area (Å²) in [6.45, 7) is 7.44. The fourth-order valence-corrected chi connectivity index (χ4v) is 9.62. The summed E-state index contributed by atoms with van der Waals surface area (Å²) < 4.78 is 19.0. The molecule has 5 fully saturated rings. The van der Waals surface area contributed by atoms with Crippen LogP contribution in [0.1, 0.15) is 85.5 Å². The summed E-state index contributed by atoms with van der Waals surface area (Å²) >= 11 is 0. The maximum atomic E-state index is 14.2. The van der Waals surface area contributed by atoms with Crippen molar-refractivity contribution in [3.05, 3.63) is 23.8 Å². The maximum absolute atomic E-state index is 14.2. The Balaban J connectivity index is 1.35. The molecule has 0 aromatic heterocycles.